The topological polar surface area (TPSA) is 114 Å². The standard InChI is InChI=1S/C41H55N3O7Si/c1-10-27(2)37(40(47)50-23-24-52(7,8)9)44(5)38(45)28(3)43(4)39(46)36(25-29-19-21-30(49-6)22-20-29)42-41(48)51-26-35-33-17-13-11-15-31(33)32-16-12-14-18-34(32)35/h11-22,27-28,35-37H,10,23-26H2,1-9H3,(H,42,48)/t27-,28-,36-,37-/m0/s1. The predicted octanol–water partition coefficient (Wildman–Crippen LogP) is 6.75. The number of rotatable bonds is 16. The number of amides is 3. The van der Waals surface area contributed by atoms with Crippen molar-refractivity contribution in [2.45, 2.75) is 83.3 Å². The van der Waals surface area contributed by atoms with E-state index in [1.807, 2.05) is 62.4 Å². The molecule has 1 N–H and O–H groups in total. The minimum Gasteiger partial charge on any atom is -0.497 e. The van der Waals surface area contributed by atoms with Crippen molar-refractivity contribution in [1.29, 1.82) is 0 Å². The first-order valence-corrected chi connectivity index (χ1v) is 21.8. The van der Waals surface area contributed by atoms with Crippen molar-refractivity contribution in [3.63, 3.8) is 0 Å². The van der Waals surface area contributed by atoms with Crippen molar-refractivity contribution < 1.29 is 33.4 Å². The molecule has 280 valence electrons. The maximum atomic E-state index is 14.2. The zero-order chi connectivity index (χ0) is 38.2. The molecule has 1 aliphatic rings. The number of hydrogen-bond acceptors (Lipinski definition) is 7. The minimum atomic E-state index is -1.43. The van der Waals surface area contributed by atoms with E-state index >= 15 is 0 Å². The van der Waals surface area contributed by atoms with Crippen molar-refractivity contribution in [2.24, 2.45) is 5.92 Å². The third kappa shape index (κ3) is 9.81. The molecular formula is C41H55N3O7Si. The number of carbonyl (C=O) groups excluding carboxylic acids is 4. The molecule has 4 rings (SSSR count). The van der Waals surface area contributed by atoms with Gasteiger partial charge in [-0.2, -0.15) is 0 Å². The Balaban J connectivity index is 1.49. The van der Waals surface area contributed by atoms with E-state index in [9.17, 15) is 19.2 Å². The number of carbonyl (C=O) groups is 4. The van der Waals surface area contributed by atoms with Gasteiger partial charge in [0.2, 0.25) is 11.8 Å². The van der Waals surface area contributed by atoms with Gasteiger partial charge in [0.25, 0.3) is 0 Å². The largest absolute Gasteiger partial charge is 0.497 e. The van der Waals surface area contributed by atoms with E-state index in [1.165, 1.54) is 16.8 Å². The molecule has 0 fully saturated rings. The maximum absolute atomic E-state index is 14.2. The van der Waals surface area contributed by atoms with Crippen molar-refractivity contribution in [2.75, 3.05) is 34.4 Å². The molecule has 0 bridgehead atoms. The zero-order valence-electron chi connectivity index (χ0n) is 32.1. The smallest absolute Gasteiger partial charge is 0.407 e. The van der Waals surface area contributed by atoms with E-state index in [2.05, 4.69) is 37.1 Å². The van der Waals surface area contributed by atoms with Crippen LogP contribution in [0.15, 0.2) is 72.8 Å². The van der Waals surface area contributed by atoms with E-state index in [0.29, 0.717) is 18.8 Å². The van der Waals surface area contributed by atoms with Gasteiger partial charge in [-0.3, -0.25) is 9.59 Å². The predicted molar refractivity (Wildman–Crippen MR) is 206 cm³/mol. The minimum absolute atomic E-state index is 0.0872. The molecule has 0 unspecified atom stereocenters. The Morgan fingerprint density at radius 1 is 0.808 bits per heavy atom. The van der Waals surface area contributed by atoms with Crippen molar-refractivity contribution >= 4 is 32.0 Å². The number of likely N-dealkylation sites (N-methyl/N-ethyl adjacent to an activating group) is 2. The summed E-state index contributed by atoms with van der Waals surface area (Å²) < 4.78 is 16.8. The van der Waals surface area contributed by atoms with Crippen molar-refractivity contribution in [1.82, 2.24) is 15.1 Å². The summed E-state index contributed by atoms with van der Waals surface area (Å²) in [6.45, 7) is 12.5. The van der Waals surface area contributed by atoms with Crippen LogP contribution in [0.4, 0.5) is 4.79 Å². The van der Waals surface area contributed by atoms with E-state index in [4.69, 9.17) is 14.2 Å². The summed E-state index contributed by atoms with van der Waals surface area (Å²) in [5, 5.41) is 2.79. The Hall–Kier alpha value is -4.64. The van der Waals surface area contributed by atoms with Crippen LogP contribution in [-0.4, -0.2) is 94.3 Å². The van der Waals surface area contributed by atoms with Gasteiger partial charge in [0.05, 0.1) is 13.7 Å². The van der Waals surface area contributed by atoms with Gasteiger partial charge in [-0.25, -0.2) is 9.59 Å². The van der Waals surface area contributed by atoms with Crippen LogP contribution in [0.2, 0.25) is 25.7 Å². The Morgan fingerprint density at radius 2 is 1.38 bits per heavy atom. The summed E-state index contributed by atoms with van der Waals surface area (Å²) in [5.74, 6) is -0.988. The molecule has 10 nitrogen and oxygen atoms in total. The summed E-state index contributed by atoms with van der Waals surface area (Å²) in [4.78, 5) is 57.6. The molecule has 0 saturated heterocycles. The number of nitrogens with one attached hydrogen (secondary N) is 1. The number of alkyl carbamates (subject to hydrolysis) is 1. The molecule has 4 atom stereocenters. The second-order valence-electron chi connectivity index (χ2n) is 15.0. The second-order valence-corrected chi connectivity index (χ2v) is 20.6. The first-order valence-electron chi connectivity index (χ1n) is 18.1. The number of esters is 1. The summed E-state index contributed by atoms with van der Waals surface area (Å²) >= 11 is 0. The molecule has 0 spiro atoms. The van der Waals surface area contributed by atoms with Gasteiger partial charge in [0.15, 0.2) is 0 Å². The summed E-state index contributed by atoms with van der Waals surface area (Å²) in [7, 11) is 3.25. The lowest BCUT2D eigenvalue weighted by atomic mass is 9.97. The fourth-order valence-electron chi connectivity index (χ4n) is 6.55. The average molecular weight is 730 g/mol. The van der Waals surface area contributed by atoms with Gasteiger partial charge < -0.3 is 29.3 Å². The molecule has 11 heteroatoms. The van der Waals surface area contributed by atoms with Crippen LogP contribution in [0.1, 0.15) is 49.8 Å². The number of nitrogens with zero attached hydrogens (tertiary/aromatic N) is 2. The number of benzene rings is 3. The Labute approximate surface area is 309 Å². The molecule has 1 aliphatic carbocycles. The highest BCUT2D eigenvalue weighted by Gasteiger charge is 2.38. The molecule has 0 aliphatic heterocycles. The number of hydrogen-bond donors (Lipinski definition) is 1. The fourth-order valence-corrected chi connectivity index (χ4v) is 7.27. The molecule has 3 aromatic carbocycles. The van der Waals surface area contributed by atoms with Crippen molar-refractivity contribution in [3.8, 4) is 16.9 Å². The first kappa shape index (κ1) is 40.1. The molecule has 3 aromatic rings. The van der Waals surface area contributed by atoms with Crippen LogP contribution in [0.3, 0.4) is 0 Å². The van der Waals surface area contributed by atoms with Gasteiger partial charge >= 0.3 is 12.1 Å². The highest BCUT2D eigenvalue weighted by Crippen LogP contribution is 2.44. The van der Waals surface area contributed by atoms with Gasteiger partial charge in [-0.05, 0) is 58.8 Å². The van der Waals surface area contributed by atoms with E-state index in [0.717, 1.165) is 33.9 Å². The lowest BCUT2D eigenvalue weighted by molar-refractivity contribution is -0.158. The van der Waals surface area contributed by atoms with E-state index in [-0.39, 0.29) is 24.9 Å². The van der Waals surface area contributed by atoms with Crippen LogP contribution in [0.5, 0.6) is 5.75 Å². The van der Waals surface area contributed by atoms with E-state index < -0.39 is 50.1 Å². The number of fused-ring (bicyclic) bond motifs is 3. The normalized spacial score (nSPS) is 14.6. The van der Waals surface area contributed by atoms with Crippen LogP contribution >= 0.6 is 0 Å². The lowest BCUT2D eigenvalue weighted by Crippen LogP contribution is -2.57. The first-order chi connectivity index (χ1) is 24.7. The van der Waals surface area contributed by atoms with E-state index in [1.54, 1.807) is 33.2 Å². The number of ether oxygens (including phenoxy) is 3. The van der Waals surface area contributed by atoms with Gasteiger partial charge in [-0.15, -0.1) is 0 Å². The highest BCUT2D eigenvalue weighted by molar-refractivity contribution is 6.76. The zero-order valence-corrected chi connectivity index (χ0v) is 33.1. The SMILES string of the molecule is CC[C@H](C)[C@@H](C(=O)OCC[Si](C)(C)C)N(C)C(=O)[C@H](C)N(C)C(=O)[C@H](Cc1ccc(OC)cc1)NC(=O)OCC1c2ccccc2-c2ccccc21. The third-order valence-corrected chi connectivity index (χ3v) is 11.8. The Bertz CT molecular complexity index is 1660. The Kier molecular flexibility index (Phi) is 13.7. The summed E-state index contributed by atoms with van der Waals surface area (Å²) in [5.41, 5.74) is 5.16. The molecule has 0 saturated carbocycles. The fraction of sp³-hybridized carbons (Fsp3) is 0.463. The average Bonchev–Trinajstić information content (AvgIpc) is 3.45. The summed E-state index contributed by atoms with van der Waals surface area (Å²) in [6, 6.07) is 21.4. The van der Waals surface area contributed by atoms with Gasteiger partial charge in [0, 0.05) is 34.5 Å². The monoisotopic (exact) mass is 729 g/mol. The highest BCUT2D eigenvalue weighted by atomic mass is 28.3. The van der Waals surface area contributed by atoms with Crippen LogP contribution in [0.25, 0.3) is 11.1 Å². The lowest BCUT2D eigenvalue weighted by Gasteiger charge is -2.35. The van der Waals surface area contributed by atoms with Crippen LogP contribution in [0, 0.1) is 5.92 Å². The van der Waals surface area contributed by atoms with Crippen LogP contribution < -0.4 is 10.1 Å². The molecule has 0 heterocycles. The quantitative estimate of drug-likeness (QED) is 0.128. The van der Waals surface area contributed by atoms with Gasteiger partial charge in [0.1, 0.15) is 30.5 Å². The van der Waals surface area contributed by atoms with Crippen LogP contribution in [-0.2, 0) is 30.3 Å². The molecular weight excluding hydrogens is 675 g/mol. The third-order valence-electron chi connectivity index (χ3n) is 10.1. The molecule has 52 heavy (non-hydrogen) atoms. The molecule has 3 amide bonds. The molecule has 0 radical (unpaired) electrons. The Morgan fingerprint density at radius 3 is 1.92 bits per heavy atom. The van der Waals surface area contributed by atoms with Crippen molar-refractivity contribution in [3.05, 3.63) is 89.5 Å². The van der Waals surface area contributed by atoms with Gasteiger partial charge in [-0.1, -0.05) is 101 Å². The summed E-state index contributed by atoms with van der Waals surface area (Å²) in [6.07, 6.45) is 0.0615. The number of methoxy groups -OCH3 is 1. The maximum Gasteiger partial charge on any atom is 0.407 e. The molecule has 0 aromatic heterocycles. The second kappa shape index (κ2) is 17.7.